The Morgan fingerprint density at radius 2 is 2.08 bits per heavy atom. The van der Waals surface area contributed by atoms with Crippen LogP contribution in [-0.2, 0) is 9.59 Å². The average molecular weight is 503 g/mol. The summed E-state index contributed by atoms with van der Waals surface area (Å²) >= 11 is 6.17. The number of tetrazole rings is 1. The monoisotopic (exact) mass is 502 g/mol. The lowest BCUT2D eigenvalue weighted by atomic mass is 10.1. The molecule has 1 aliphatic heterocycles. The molecule has 0 radical (unpaired) electrons. The van der Waals surface area contributed by atoms with E-state index in [2.05, 4.69) is 36.1 Å². The van der Waals surface area contributed by atoms with Crippen LogP contribution in [0.15, 0.2) is 61.1 Å². The first-order valence-corrected chi connectivity index (χ1v) is 11.9. The summed E-state index contributed by atoms with van der Waals surface area (Å²) < 4.78 is 1.50. The summed E-state index contributed by atoms with van der Waals surface area (Å²) in [6.07, 6.45) is 8.79. The Morgan fingerprint density at radius 1 is 1.19 bits per heavy atom. The lowest BCUT2D eigenvalue weighted by Gasteiger charge is -2.17. The van der Waals surface area contributed by atoms with Crippen LogP contribution in [0.5, 0.6) is 0 Å². The summed E-state index contributed by atoms with van der Waals surface area (Å²) in [5.41, 5.74) is 3.70. The minimum absolute atomic E-state index is 0.0359. The van der Waals surface area contributed by atoms with E-state index in [1.54, 1.807) is 30.5 Å². The lowest BCUT2D eigenvalue weighted by Crippen LogP contribution is -2.28. The highest BCUT2D eigenvalue weighted by Crippen LogP contribution is 2.29. The number of amides is 2. The molecule has 2 aromatic heterocycles. The number of halogens is 1. The van der Waals surface area contributed by atoms with E-state index in [0.29, 0.717) is 41.4 Å². The van der Waals surface area contributed by atoms with E-state index >= 15 is 0 Å². The zero-order valence-corrected chi connectivity index (χ0v) is 19.9. The number of para-hydroxylation sites is 1. The third kappa shape index (κ3) is 5.33. The van der Waals surface area contributed by atoms with E-state index < -0.39 is 0 Å². The number of hydrogen-bond acceptors (Lipinski definition) is 6. The maximum Gasteiger partial charge on any atom is 0.244 e. The third-order valence-electron chi connectivity index (χ3n) is 5.88. The molecule has 2 aromatic carbocycles. The Labute approximate surface area is 211 Å². The zero-order valence-electron chi connectivity index (χ0n) is 19.2. The molecule has 182 valence electrons. The van der Waals surface area contributed by atoms with Crippen LogP contribution in [0.25, 0.3) is 23.0 Å². The van der Waals surface area contributed by atoms with E-state index in [1.165, 1.54) is 17.1 Å². The van der Waals surface area contributed by atoms with Gasteiger partial charge in [-0.1, -0.05) is 36.2 Å². The van der Waals surface area contributed by atoms with Crippen molar-refractivity contribution in [2.75, 3.05) is 5.32 Å². The smallest absolute Gasteiger partial charge is 0.244 e. The number of H-pyrrole nitrogens is 1. The van der Waals surface area contributed by atoms with Crippen molar-refractivity contribution >= 4 is 35.2 Å². The molecule has 0 spiro atoms. The van der Waals surface area contributed by atoms with Gasteiger partial charge in [0.05, 0.1) is 29.3 Å². The molecule has 0 saturated carbocycles. The third-order valence-corrected chi connectivity index (χ3v) is 6.11. The summed E-state index contributed by atoms with van der Waals surface area (Å²) in [4.78, 5) is 33.2. The number of aromatic nitrogens is 6. The van der Waals surface area contributed by atoms with Crippen LogP contribution in [0.2, 0.25) is 5.02 Å². The Hall–Kier alpha value is -4.31. The zero-order chi connectivity index (χ0) is 24.9. The number of rotatable bonds is 4. The summed E-state index contributed by atoms with van der Waals surface area (Å²) in [6, 6.07) is 12.5. The van der Waals surface area contributed by atoms with Crippen molar-refractivity contribution in [3.63, 3.8) is 0 Å². The number of imidazole rings is 1. The molecular weight excluding hydrogens is 480 g/mol. The summed E-state index contributed by atoms with van der Waals surface area (Å²) in [5.74, 6) is 0.336. The Kier molecular flexibility index (Phi) is 6.85. The highest BCUT2D eigenvalue weighted by atomic mass is 35.5. The summed E-state index contributed by atoms with van der Waals surface area (Å²) in [5, 5.41) is 17.8. The van der Waals surface area contributed by atoms with Gasteiger partial charge in [-0.05, 0) is 53.6 Å². The van der Waals surface area contributed by atoms with Crippen LogP contribution in [0.3, 0.4) is 0 Å². The van der Waals surface area contributed by atoms with E-state index in [9.17, 15) is 9.59 Å². The second kappa shape index (κ2) is 10.5. The Bertz CT molecular complexity index is 1410. The maximum absolute atomic E-state index is 12.9. The molecule has 0 unspecified atom stereocenters. The maximum atomic E-state index is 12.9. The molecule has 2 bridgehead atoms. The molecule has 0 fully saturated rings. The fourth-order valence-electron chi connectivity index (χ4n) is 4.13. The van der Waals surface area contributed by atoms with Gasteiger partial charge in [0, 0.05) is 28.6 Å². The Morgan fingerprint density at radius 3 is 2.94 bits per heavy atom. The number of nitrogens with one attached hydrogen (secondary N) is 3. The van der Waals surface area contributed by atoms with Gasteiger partial charge < -0.3 is 15.6 Å². The first-order valence-electron chi connectivity index (χ1n) is 11.5. The second-order valence-corrected chi connectivity index (χ2v) is 8.81. The minimum atomic E-state index is -0.344. The molecule has 1 aliphatic rings. The molecule has 3 N–H and O–H groups in total. The standard InChI is InChI=1S/C25H23ClN8O2/c26-17-10-11-22(34-15-28-32-33-34)16(13-17)9-12-24(36)30-20-7-3-4-8-23(35)29-19-6-2-1-5-18(19)21-14-27-25(20)31-21/h1-2,5-6,9-15,20H,3-4,7-8H2,(H,27,31)(H,29,35)(H,30,36)/t20-/m0/s1. The first-order chi connectivity index (χ1) is 17.6. The van der Waals surface area contributed by atoms with Crippen LogP contribution < -0.4 is 10.6 Å². The van der Waals surface area contributed by atoms with Gasteiger partial charge in [0.15, 0.2) is 0 Å². The van der Waals surface area contributed by atoms with Crippen LogP contribution in [0.1, 0.15) is 43.1 Å². The normalized spacial score (nSPS) is 16.0. The number of fused-ring (bicyclic) bond motifs is 4. The molecule has 0 saturated heterocycles. The van der Waals surface area contributed by atoms with Crippen molar-refractivity contribution in [1.29, 1.82) is 0 Å². The SMILES string of the molecule is O=C(C=Cc1cc(Cl)ccc1-n1cnnn1)N[C@H]1CCCCC(=O)Nc2ccccc2-c2cnc1[nH]2. The van der Waals surface area contributed by atoms with Crippen LogP contribution in [-0.4, -0.2) is 42.0 Å². The van der Waals surface area contributed by atoms with Gasteiger partial charge in [0.25, 0.3) is 0 Å². The molecule has 1 atom stereocenters. The van der Waals surface area contributed by atoms with Crippen molar-refractivity contribution in [3.8, 4) is 16.9 Å². The molecule has 36 heavy (non-hydrogen) atoms. The number of benzene rings is 2. The molecule has 10 nitrogen and oxygen atoms in total. The average Bonchev–Trinajstić information content (AvgIpc) is 3.57. The van der Waals surface area contributed by atoms with Crippen LogP contribution in [0.4, 0.5) is 5.69 Å². The molecule has 4 aromatic rings. The van der Waals surface area contributed by atoms with Gasteiger partial charge in [-0.2, -0.15) is 4.68 Å². The molecule has 0 aliphatic carbocycles. The van der Waals surface area contributed by atoms with Crippen molar-refractivity contribution < 1.29 is 9.59 Å². The topological polar surface area (TPSA) is 130 Å². The predicted octanol–water partition coefficient (Wildman–Crippen LogP) is 4.09. The van der Waals surface area contributed by atoms with E-state index in [1.807, 2.05) is 24.3 Å². The van der Waals surface area contributed by atoms with E-state index in [-0.39, 0.29) is 17.9 Å². The molecule has 5 rings (SSSR count). The second-order valence-electron chi connectivity index (χ2n) is 8.37. The molecule has 11 heteroatoms. The van der Waals surface area contributed by atoms with Gasteiger partial charge in [-0.15, -0.1) is 5.10 Å². The van der Waals surface area contributed by atoms with Gasteiger partial charge in [-0.3, -0.25) is 9.59 Å². The summed E-state index contributed by atoms with van der Waals surface area (Å²) in [6.45, 7) is 0. The predicted molar refractivity (Wildman–Crippen MR) is 135 cm³/mol. The van der Waals surface area contributed by atoms with E-state index in [4.69, 9.17) is 11.6 Å². The highest BCUT2D eigenvalue weighted by molar-refractivity contribution is 6.30. The first kappa shape index (κ1) is 23.4. The van der Waals surface area contributed by atoms with Gasteiger partial charge >= 0.3 is 0 Å². The van der Waals surface area contributed by atoms with Crippen molar-refractivity contribution in [3.05, 3.63) is 77.5 Å². The largest absolute Gasteiger partial charge is 0.343 e. The van der Waals surface area contributed by atoms with Gasteiger partial charge in [0.2, 0.25) is 11.8 Å². The quantitative estimate of drug-likeness (QED) is 0.360. The fraction of sp³-hybridized carbons (Fsp3) is 0.200. The fourth-order valence-corrected chi connectivity index (χ4v) is 4.31. The van der Waals surface area contributed by atoms with E-state index in [0.717, 1.165) is 23.4 Å². The lowest BCUT2D eigenvalue weighted by molar-refractivity contribution is -0.118. The number of nitrogens with zero attached hydrogens (tertiary/aromatic N) is 5. The summed E-state index contributed by atoms with van der Waals surface area (Å²) in [7, 11) is 0. The number of carbonyl (C=O) groups excluding carboxylic acids is 2. The molecule has 3 heterocycles. The van der Waals surface area contributed by atoms with Crippen LogP contribution in [0, 0.1) is 0 Å². The van der Waals surface area contributed by atoms with Crippen LogP contribution >= 0.6 is 11.6 Å². The molecule has 2 amide bonds. The number of anilines is 1. The van der Waals surface area contributed by atoms with Crippen molar-refractivity contribution in [1.82, 2.24) is 35.5 Å². The minimum Gasteiger partial charge on any atom is -0.343 e. The van der Waals surface area contributed by atoms with Gasteiger partial charge in [0.1, 0.15) is 12.2 Å². The van der Waals surface area contributed by atoms with Gasteiger partial charge in [-0.25, -0.2) is 4.98 Å². The number of hydrogen-bond donors (Lipinski definition) is 3. The van der Waals surface area contributed by atoms with Crippen molar-refractivity contribution in [2.24, 2.45) is 0 Å². The molecular formula is C25H23ClN8O2. The highest BCUT2D eigenvalue weighted by Gasteiger charge is 2.20. The number of aromatic amines is 1. The Balaban J connectivity index is 1.38. The van der Waals surface area contributed by atoms with Crippen molar-refractivity contribution in [2.45, 2.75) is 31.7 Å². The number of carbonyl (C=O) groups is 2.